The number of halogens is 2. The molecular weight excluding hydrogens is 301 g/mol. The molecule has 0 bridgehead atoms. The van der Waals surface area contributed by atoms with Gasteiger partial charge in [-0.25, -0.2) is 4.39 Å². The van der Waals surface area contributed by atoms with Gasteiger partial charge in [-0.3, -0.25) is 0 Å². The molecule has 0 heterocycles. The highest BCUT2D eigenvalue weighted by Gasteiger charge is 2.08. The molecule has 0 aliphatic heterocycles. The van der Waals surface area contributed by atoms with E-state index in [1.165, 1.54) is 6.07 Å². The molecule has 0 aromatic heterocycles. The standard InChI is InChI=1S/C13H19BrFNS/c1-9(2)7-17-8-12(16)6-10-5-11(15)3-4-13(10)14/h3-5,9,12H,6-8,16H2,1-2H3. The molecule has 96 valence electrons. The molecule has 0 radical (unpaired) electrons. The largest absolute Gasteiger partial charge is 0.327 e. The van der Waals surface area contributed by atoms with Gasteiger partial charge in [-0.2, -0.15) is 11.8 Å². The van der Waals surface area contributed by atoms with Crippen LogP contribution in [-0.4, -0.2) is 17.5 Å². The van der Waals surface area contributed by atoms with E-state index in [2.05, 4.69) is 29.8 Å². The molecule has 0 saturated carbocycles. The highest BCUT2D eigenvalue weighted by Crippen LogP contribution is 2.20. The van der Waals surface area contributed by atoms with Gasteiger partial charge in [0.15, 0.2) is 0 Å². The van der Waals surface area contributed by atoms with Crippen LogP contribution in [0.3, 0.4) is 0 Å². The Labute approximate surface area is 115 Å². The number of rotatable bonds is 6. The minimum Gasteiger partial charge on any atom is -0.327 e. The summed E-state index contributed by atoms with van der Waals surface area (Å²) in [5.74, 6) is 2.53. The second kappa shape index (κ2) is 7.39. The quantitative estimate of drug-likeness (QED) is 0.862. The van der Waals surface area contributed by atoms with Crippen molar-refractivity contribution in [2.75, 3.05) is 11.5 Å². The maximum Gasteiger partial charge on any atom is 0.123 e. The third-order valence-electron chi connectivity index (χ3n) is 2.27. The predicted octanol–water partition coefficient (Wildman–Crippen LogP) is 3.85. The fourth-order valence-corrected chi connectivity index (χ4v) is 2.93. The summed E-state index contributed by atoms with van der Waals surface area (Å²) in [5, 5.41) is 0. The Bertz CT molecular complexity index is 357. The lowest BCUT2D eigenvalue weighted by Crippen LogP contribution is -2.26. The van der Waals surface area contributed by atoms with Gasteiger partial charge >= 0.3 is 0 Å². The van der Waals surface area contributed by atoms with Gasteiger partial charge in [0.2, 0.25) is 0 Å². The average Bonchev–Trinajstić information content (AvgIpc) is 2.23. The van der Waals surface area contributed by atoms with Crippen LogP contribution in [0, 0.1) is 11.7 Å². The molecule has 0 saturated heterocycles. The molecule has 1 rings (SSSR count). The minimum atomic E-state index is -0.203. The van der Waals surface area contributed by atoms with Gasteiger partial charge in [0.1, 0.15) is 5.82 Å². The minimum absolute atomic E-state index is 0.0804. The van der Waals surface area contributed by atoms with Gasteiger partial charge in [-0.1, -0.05) is 29.8 Å². The van der Waals surface area contributed by atoms with Crippen molar-refractivity contribution in [1.29, 1.82) is 0 Å². The van der Waals surface area contributed by atoms with Crippen molar-refractivity contribution in [3.05, 3.63) is 34.1 Å². The van der Waals surface area contributed by atoms with Crippen molar-refractivity contribution in [3.63, 3.8) is 0 Å². The lowest BCUT2D eigenvalue weighted by atomic mass is 10.1. The molecule has 0 fully saturated rings. The van der Waals surface area contributed by atoms with E-state index in [1.54, 1.807) is 12.1 Å². The zero-order valence-electron chi connectivity index (χ0n) is 10.2. The number of hydrogen-bond acceptors (Lipinski definition) is 2. The van der Waals surface area contributed by atoms with E-state index in [9.17, 15) is 4.39 Å². The molecule has 4 heteroatoms. The van der Waals surface area contributed by atoms with Crippen molar-refractivity contribution in [1.82, 2.24) is 0 Å². The van der Waals surface area contributed by atoms with Gasteiger partial charge < -0.3 is 5.73 Å². The third-order valence-corrected chi connectivity index (χ3v) is 4.61. The molecule has 0 aliphatic carbocycles. The molecule has 17 heavy (non-hydrogen) atoms. The Morgan fingerprint density at radius 3 is 2.71 bits per heavy atom. The number of thioether (sulfide) groups is 1. The van der Waals surface area contributed by atoms with E-state index in [0.717, 1.165) is 21.5 Å². The second-order valence-corrected chi connectivity index (χ2v) is 6.56. The first kappa shape index (κ1) is 15.0. The van der Waals surface area contributed by atoms with Crippen LogP contribution in [0.4, 0.5) is 4.39 Å². The maximum absolute atomic E-state index is 13.1. The molecule has 2 N–H and O–H groups in total. The van der Waals surface area contributed by atoms with Crippen LogP contribution in [0.1, 0.15) is 19.4 Å². The summed E-state index contributed by atoms with van der Waals surface area (Å²) < 4.78 is 14.0. The van der Waals surface area contributed by atoms with E-state index in [4.69, 9.17) is 5.73 Å². The topological polar surface area (TPSA) is 26.0 Å². The Morgan fingerprint density at radius 2 is 2.06 bits per heavy atom. The van der Waals surface area contributed by atoms with Crippen LogP contribution in [0.25, 0.3) is 0 Å². The summed E-state index contributed by atoms with van der Waals surface area (Å²) in [6.45, 7) is 4.39. The van der Waals surface area contributed by atoms with Crippen LogP contribution in [0.15, 0.2) is 22.7 Å². The van der Waals surface area contributed by atoms with Crippen LogP contribution < -0.4 is 5.73 Å². The lowest BCUT2D eigenvalue weighted by Gasteiger charge is -2.13. The first-order valence-electron chi connectivity index (χ1n) is 5.76. The van der Waals surface area contributed by atoms with E-state index in [1.807, 2.05) is 11.8 Å². The molecule has 1 aromatic rings. The molecule has 0 aliphatic rings. The molecule has 1 aromatic carbocycles. The van der Waals surface area contributed by atoms with Crippen LogP contribution in [-0.2, 0) is 6.42 Å². The fraction of sp³-hybridized carbons (Fsp3) is 0.538. The van der Waals surface area contributed by atoms with Gasteiger partial charge in [-0.05, 0) is 41.9 Å². The number of nitrogens with two attached hydrogens (primary N) is 1. The Hall–Kier alpha value is -0.0600. The highest BCUT2D eigenvalue weighted by atomic mass is 79.9. The summed E-state index contributed by atoms with van der Waals surface area (Å²) in [5.41, 5.74) is 6.99. The fourth-order valence-electron chi connectivity index (χ4n) is 1.50. The summed E-state index contributed by atoms with van der Waals surface area (Å²) in [6, 6.07) is 4.82. The lowest BCUT2D eigenvalue weighted by molar-refractivity contribution is 0.622. The van der Waals surface area contributed by atoms with Crippen molar-refractivity contribution >= 4 is 27.7 Å². The highest BCUT2D eigenvalue weighted by molar-refractivity contribution is 9.10. The van der Waals surface area contributed by atoms with Gasteiger partial charge in [0.05, 0.1) is 0 Å². The number of benzene rings is 1. The number of hydrogen-bond donors (Lipinski definition) is 1. The van der Waals surface area contributed by atoms with Crippen LogP contribution in [0.2, 0.25) is 0 Å². The third kappa shape index (κ3) is 5.89. The summed E-state index contributed by atoms with van der Waals surface area (Å²) in [6.07, 6.45) is 0.712. The molecule has 1 nitrogen and oxygen atoms in total. The van der Waals surface area contributed by atoms with E-state index in [-0.39, 0.29) is 11.9 Å². The van der Waals surface area contributed by atoms with E-state index in [0.29, 0.717) is 12.3 Å². The SMILES string of the molecule is CC(C)CSCC(N)Cc1cc(F)ccc1Br. The molecule has 1 unspecified atom stereocenters. The predicted molar refractivity (Wildman–Crippen MR) is 77.9 cm³/mol. The zero-order chi connectivity index (χ0) is 12.8. The zero-order valence-corrected chi connectivity index (χ0v) is 12.7. The normalized spacial score (nSPS) is 13.1. The first-order chi connectivity index (χ1) is 7.99. The van der Waals surface area contributed by atoms with Crippen LogP contribution >= 0.6 is 27.7 Å². The van der Waals surface area contributed by atoms with Crippen LogP contribution in [0.5, 0.6) is 0 Å². The van der Waals surface area contributed by atoms with Gasteiger partial charge in [0, 0.05) is 16.3 Å². The monoisotopic (exact) mass is 319 g/mol. The molecule has 1 atom stereocenters. The Morgan fingerprint density at radius 1 is 1.35 bits per heavy atom. The Balaban J connectivity index is 2.44. The van der Waals surface area contributed by atoms with Crippen molar-refractivity contribution in [3.8, 4) is 0 Å². The molecule has 0 amide bonds. The van der Waals surface area contributed by atoms with E-state index < -0.39 is 0 Å². The second-order valence-electron chi connectivity index (χ2n) is 4.63. The summed E-state index contributed by atoms with van der Waals surface area (Å²) in [7, 11) is 0. The van der Waals surface area contributed by atoms with Crippen molar-refractivity contribution < 1.29 is 4.39 Å². The average molecular weight is 320 g/mol. The van der Waals surface area contributed by atoms with Gasteiger partial charge in [-0.15, -0.1) is 0 Å². The Kier molecular flexibility index (Phi) is 6.52. The van der Waals surface area contributed by atoms with E-state index >= 15 is 0 Å². The maximum atomic E-state index is 13.1. The van der Waals surface area contributed by atoms with Gasteiger partial charge in [0.25, 0.3) is 0 Å². The molecular formula is C13H19BrFNS. The summed E-state index contributed by atoms with van der Waals surface area (Å²) >= 11 is 5.29. The summed E-state index contributed by atoms with van der Waals surface area (Å²) in [4.78, 5) is 0. The van der Waals surface area contributed by atoms with Crippen molar-refractivity contribution in [2.45, 2.75) is 26.3 Å². The molecule has 0 spiro atoms. The van der Waals surface area contributed by atoms with Crippen molar-refractivity contribution in [2.24, 2.45) is 11.7 Å². The smallest absolute Gasteiger partial charge is 0.123 e. The first-order valence-corrected chi connectivity index (χ1v) is 7.71.